The van der Waals surface area contributed by atoms with Crippen molar-refractivity contribution in [3.8, 4) is 11.5 Å². The fourth-order valence-corrected chi connectivity index (χ4v) is 4.54. The fourth-order valence-electron chi connectivity index (χ4n) is 4.54. The summed E-state index contributed by atoms with van der Waals surface area (Å²) in [5, 5.41) is 7.19. The molecule has 3 atom stereocenters. The number of carbonyl (C=O) groups excluding carboxylic acids is 1. The number of nitrogens with one attached hydrogen (secondary N) is 1. The number of methoxy groups -OCH3 is 2. The summed E-state index contributed by atoms with van der Waals surface area (Å²) < 4.78 is 39.0. The van der Waals surface area contributed by atoms with Crippen LogP contribution in [0.3, 0.4) is 0 Å². The van der Waals surface area contributed by atoms with Crippen molar-refractivity contribution in [1.29, 1.82) is 0 Å². The molecule has 31 heavy (non-hydrogen) atoms. The molecule has 1 amide bonds. The SMILES string of the molecule is COc1ccc(CC(=O)N2CCC[C@@H]([C@@H]3C[C@H](C(F)F)n4ncnc4N3)C2)cc1OC. The second-order valence-corrected chi connectivity index (χ2v) is 8.02. The number of piperidine rings is 1. The summed E-state index contributed by atoms with van der Waals surface area (Å²) >= 11 is 0. The number of hydrogen-bond acceptors (Lipinski definition) is 6. The van der Waals surface area contributed by atoms with Gasteiger partial charge in [0.1, 0.15) is 12.4 Å². The van der Waals surface area contributed by atoms with E-state index in [1.54, 1.807) is 26.4 Å². The number of rotatable bonds is 6. The Kier molecular flexibility index (Phi) is 6.24. The summed E-state index contributed by atoms with van der Waals surface area (Å²) in [6, 6.07) is 4.27. The Labute approximate surface area is 179 Å². The molecule has 2 aromatic rings. The van der Waals surface area contributed by atoms with Crippen LogP contribution in [0.4, 0.5) is 14.7 Å². The van der Waals surface area contributed by atoms with E-state index in [9.17, 15) is 13.6 Å². The van der Waals surface area contributed by atoms with Crippen LogP contribution in [0.5, 0.6) is 11.5 Å². The maximum absolute atomic E-state index is 13.6. The summed E-state index contributed by atoms with van der Waals surface area (Å²) in [6.07, 6.45) is 1.00. The van der Waals surface area contributed by atoms with Gasteiger partial charge < -0.3 is 19.7 Å². The second-order valence-electron chi connectivity index (χ2n) is 8.02. The average Bonchev–Trinajstić information content (AvgIpc) is 3.27. The minimum Gasteiger partial charge on any atom is -0.493 e. The van der Waals surface area contributed by atoms with E-state index in [0.29, 0.717) is 30.5 Å². The van der Waals surface area contributed by atoms with Crippen LogP contribution >= 0.6 is 0 Å². The van der Waals surface area contributed by atoms with Gasteiger partial charge in [-0.05, 0) is 42.9 Å². The minimum absolute atomic E-state index is 0.0151. The van der Waals surface area contributed by atoms with Crippen molar-refractivity contribution in [1.82, 2.24) is 19.7 Å². The van der Waals surface area contributed by atoms with Gasteiger partial charge in [-0.2, -0.15) is 10.1 Å². The summed E-state index contributed by atoms with van der Waals surface area (Å²) in [4.78, 5) is 18.9. The highest BCUT2D eigenvalue weighted by Gasteiger charge is 2.39. The van der Waals surface area contributed by atoms with Gasteiger partial charge in [-0.3, -0.25) is 4.79 Å². The summed E-state index contributed by atoms with van der Waals surface area (Å²) in [5.74, 6) is 1.66. The average molecular weight is 435 g/mol. The Morgan fingerprint density at radius 3 is 2.84 bits per heavy atom. The molecule has 0 aliphatic carbocycles. The van der Waals surface area contributed by atoms with E-state index in [1.807, 2.05) is 11.0 Å². The lowest BCUT2D eigenvalue weighted by molar-refractivity contribution is -0.132. The normalized spacial score (nSPS) is 23.3. The van der Waals surface area contributed by atoms with Crippen molar-refractivity contribution in [3.05, 3.63) is 30.1 Å². The van der Waals surface area contributed by atoms with Gasteiger partial charge in [0, 0.05) is 19.1 Å². The lowest BCUT2D eigenvalue weighted by atomic mass is 9.86. The van der Waals surface area contributed by atoms with Crippen LogP contribution in [0, 0.1) is 5.92 Å². The molecule has 0 bridgehead atoms. The first-order valence-electron chi connectivity index (χ1n) is 10.4. The predicted octanol–water partition coefficient (Wildman–Crippen LogP) is 2.77. The van der Waals surface area contributed by atoms with Gasteiger partial charge in [0.15, 0.2) is 11.5 Å². The summed E-state index contributed by atoms with van der Waals surface area (Å²) in [5.41, 5.74) is 0.839. The molecule has 4 rings (SSSR count). The quantitative estimate of drug-likeness (QED) is 0.752. The van der Waals surface area contributed by atoms with E-state index in [2.05, 4.69) is 15.4 Å². The number of alkyl halides is 2. The number of ether oxygens (including phenoxy) is 2. The monoisotopic (exact) mass is 435 g/mol. The lowest BCUT2D eigenvalue weighted by Gasteiger charge is -2.40. The highest BCUT2D eigenvalue weighted by Crippen LogP contribution is 2.35. The van der Waals surface area contributed by atoms with E-state index < -0.39 is 12.5 Å². The fraction of sp³-hybridized carbons (Fsp3) is 0.571. The van der Waals surface area contributed by atoms with Crippen molar-refractivity contribution >= 4 is 11.9 Å². The Morgan fingerprint density at radius 2 is 2.10 bits per heavy atom. The van der Waals surface area contributed by atoms with Gasteiger partial charge in [-0.25, -0.2) is 13.5 Å². The molecule has 2 aliphatic heterocycles. The summed E-state index contributed by atoms with van der Waals surface area (Å²) in [7, 11) is 3.13. The molecule has 168 valence electrons. The number of benzene rings is 1. The number of anilines is 1. The van der Waals surface area contributed by atoms with Gasteiger partial charge >= 0.3 is 0 Å². The smallest absolute Gasteiger partial charge is 0.260 e. The van der Waals surface area contributed by atoms with Crippen LogP contribution < -0.4 is 14.8 Å². The first kappa shape index (κ1) is 21.3. The van der Waals surface area contributed by atoms with Crippen molar-refractivity contribution in [2.24, 2.45) is 5.92 Å². The van der Waals surface area contributed by atoms with Crippen LogP contribution in [0.1, 0.15) is 30.9 Å². The molecule has 10 heteroatoms. The van der Waals surface area contributed by atoms with E-state index in [0.717, 1.165) is 18.4 Å². The number of likely N-dealkylation sites (tertiary alicyclic amines) is 1. The van der Waals surface area contributed by atoms with Gasteiger partial charge in [0.2, 0.25) is 11.9 Å². The largest absolute Gasteiger partial charge is 0.493 e. The van der Waals surface area contributed by atoms with Crippen LogP contribution in [-0.4, -0.2) is 65.3 Å². The van der Waals surface area contributed by atoms with Gasteiger partial charge in [0.05, 0.1) is 20.6 Å². The number of aromatic nitrogens is 3. The number of fused-ring (bicyclic) bond motifs is 1. The van der Waals surface area contributed by atoms with Crippen LogP contribution in [0.25, 0.3) is 0 Å². The van der Waals surface area contributed by atoms with E-state index in [-0.39, 0.29) is 30.7 Å². The topological polar surface area (TPSA) is 81.5 Å². The molecular formula is C21H27F2N5O3. The highest BCUT2D eigenvalue weighted by atomic mass is 19.3. The standard InChI is InChI=1S/C21H27F2N5O3/c1-30-17-6-5-13(8-18(17)31-2)9-19(29)27-7-3-4-14(11-27)15-10-16(20(22)23)28-21(26-15)24-12-25-28/h5-6,8,12,14-16,20H,3-4,7,9-11H2,1-2H3,(H,24,25,26)/t14-,15+,16-/m1/s1. The van der Waals surface area contributed by atoms with Gasteiger partial charge in [-0.1, -0.05) is 6.07 Å². The number of carbonyl (C=O) groups is 1. The van der Waals surface area contributed by atoms with E-state index in [1.165, 1.54) is 11.0 Å². The number of amides is 1. The molecule has 8 nitrogen and oxygen atoms in total. The van der Waals surface area contributed by atoms with Crippen LogP contribution in [0.15, 0.2) is 24.5 Å². The van der Waals surface area contributed by atoms with Gasteiger partial charge in [0.25, 0.3) is 6.43 Å². The molecule has 0 radical (unpaired) electrons. The highest BCUT2D eigenvalue weighted by molar-refractivity contribution is 5.79. The van der Waals surface area contributed by atoms with Crippen molar-refractivity contribution in [2.45, 2.75) is 44.2 Å². The van der Waals surface area contributed by atoms with Crippen LogP contribution in [0.2, 0.25) is 0 Å². The first-order chi connectivity index (χ1) is 15.0. The zero-order chi connectivity index (χ0) is 22.0. The molecule has 3 heterocycles. The molecule has 2 aliphatic rings. The third-order valence-electron chi connectivity index (χ3n) is 6.17. The zero-order valence-corrected chi connectivity index (χ0v) is 17.6. The van der Waals surface area contributed by atoms with Crippen LogP contribution in [-0.2, 0) is 11.2 Å². The molecule has 1 saturated heterocycles. The number of halogens is 2. The number of hydrogen-bond donors (Lipinski definition) is 1. The Hall–Kier alpha value is -2.91. The number of nitrogens with zero attached hydrogens (tertiary/aromatic N) is 4. The third kappa shape index (κ3) is 4.42. The Morgan fingerprint density at radius 1 is 1.29 bits per heavy atom. The first-order valence-corrected chi connectivity index (χ1v) is 10.4. The Bertz CT molecular complexity index is 922. The van der Waals surface area contributed by atoms with Gasteiger partial charge in [-0.15, -0.1) is 0 Å². The van der Waals surface area contributed by atoms with E-state index >= 15 is 0 Å². The maximum Gasteiger partial charge on any atom is 0.260 e. The van der Waals surface area contributed by atoms with Crippen molar-refractivity contribution in [3.63, 3.8) is 0 Å². The minimum atomic E-state index is -2.52. The second kappa shape index (κ2) is 9.07. The molecule has 0 spiro atoms. The predicted molar refractivity (Wildman–Crippen MR) is 110 cm³/mol. The van der Waals surface area contributed by atoms with E-state index in [4.69, 9.17) is 9.47 Å². The Balaban J connectivity index is 1.42. The molecule has 0 unspecified atom stereocenters. The molecule has 1 aromatic heterocycles. The third-order valence-corrected chi connectivity index (χ3v) is 6.17. The lowest BCUT2D eigenvalue weighted by Crippen LogP contribution is -2.48. The van der Waals surface area contributed by atoms with Crippen molar-refractivity contribution in [2.75, 3.05) is 32.6 Å². The molecule has 1 fully saturated rings. The zero-order valence-electron chi connectivity index (χ0n) is 17.6. The molecule has 1 N–H and O–H groups in total. The van der Waals surface area contributed by atoms with Crippen molar-refractivity contribution < 1.29 is 23.0 Å². The summed E-state index contributed by atoms with van der Waals surface area (Å²) in [6.45, 7) is 1.21. The molecule has 0 saturated carbocycles. The molecular weight excluding hydrogens is 408 g/mol. The molecule has 1 aromatic carbocycles. The maximum atomic E-state index is 13.6.